The third-order valence-electron chi connectivity index (χ3n) is 2.02. The molecule has 84 valence electrons. The lowest BCUT2D eigenvalue weighted by atomic mass is 10.3. The summed E-state index contributed by atoms with van der Waals surface area (Å²) in [7, 11) is 0. The van der Waals surface area contributed by atoms with Crippen LogP contribution in [-0.2, 0) is 9.47 Å². The molecule has 0 aromatic heterocycles. The molecule has 0 bridgehead atoms. The largest absolute Gasteiger partial charge is 0.378 e. The highest BCUT2D eigenvalue weighted by atomic mass is 16.5. The molecular formula is C12H24O2. The Kier molecular flexibility index (Phi) is 10.5. The lowest BCUT2D eigenvalue weighted by Crippen LogP contribution is -2.18. The molecule has 0 N–H and O–H groups in total. The summed E-state index contributed by atoms with van der Waals surface area (Å²) in [5, 5.41) is 0. The first-order valence-electron chi connectivity index (χ1n) is 5.67. The van der Waals surface area contributed by atoms with Crippen molar-refractivity contribution >= 4 is 0 Å². The Morgan fingerprint density at radius 1 is 1.14 bits per heavy atom. The van der Waals surface area contributed by atoms with Crippen molar-refractivity contribution in [3.63, 3.8) is 0 Å². The number of ether oxygens (including phenoxy) is 2. The van der Waals surface area contributed by atoms with Crippen LogP contribution in [0.2, 0.25) is 0 Å². The molecule has 1 unspecified atom stereocenters. The van der Waals surface area contributed by atoms with E-state index in [0.717, 1.165) is 26.1 Å². The molecule has 2 heteroatoms. The zero-order valence-electron chi connectivity index (χ0n) is 9.63. The SMILES string of the molecule is C=CC(COCCCC)OCCCC. The van der Waals surface area contributed by atoms with Gasteiger partial charge in [-0.25, -0.2) is 0 Å². The Hall–Kier alpha value is -0.340. The minimum atomic E-state index is 0.0680. The minimum absolute atomic E-state index is 0.0680. The summed E-state index contributed by atoms with van der Waals surface area (Å²) in [5.74, 6) is 0. The van der Waals surface area contributed by atoms with Gasteiger partial charge in [0.05, 0.1) is 12.7 Å². The summed E-state index contributed by atoms with van der Waals surface area (Å²) in [6.45, 7) is 10.3. The van der Waals surface area contributed by atoms with Crippen molar-refractivity contribution in [2.75, 3.05) is 19.8 Å². The Morgan fingerprint density at radius 3 is 2.36 bits per heavy atom. The summed E-state index contributed by atoms with van der Waals surface area (Å²) in [6, 6.07) is 0. The second-order valence-electron chi connectivity index (χ2n) is 3.43. The van der Waals surface area contributed by atoms with Crippen molar-refractivity contribution in [3.8, 4) is 0 Å². The van der Waals surface area contributed by atoms with Gasteiger partial charge in [0.15, 0.2) is 0 Å². The molecule has 0 saturated heterocycles. The van der Waals surface area contributed by atoms with Crippen molar-refractivity contribution < 1.29 is 9.47 Å². The van der Waals surface area contributed by atoms with E-state index in [1.807, 2.05) is 6.08 Å². The second-order valence-corrected chi connectivity index (χ2v) is 3.43. The fourth-order valence-electron chi connectivity index (χ4n) is 1.01. The van der Waals surface area contributed by atoms with E-state index in [0.29, 0.717) is 6.61 Å². The van der Waals surface area contributed by atoms with Gasteiger partial charge in [-0.15, -0.1) is 6.58 Å². The van der Waals surface area contributed by atoms with E-state index in [1.165, 1.54) is 12.8 Å². The molecule has 0 rings (SSSR count). The average Bonchev–Trinajstić information content (AvgIpc) is 2.22. The van der Waals surface area contributed by atoms with Crippen molar-refractivity contribution in [1.29, 1.82) is 0 Å². The van der Waals surface area contributed by atoms with Crippen LogP contribution in [0.15, 0.2) is 12.7 Å². The molecule has 0 aliphatic heterocycles. The van der Waals surface area contributed by atoms with E-state index < -0.39 is 0 Å². The quantitative estimate of drug-likeness (QED) is 0.398. The summed E-state index contributed by atoms with van der Waals surface area (Å²) in [5.41, 5.74) is 0. The van der Waals surface area contributed by atoms with E-state index in [-0.39, 0.29) is 6.10 Å². The van der Waals surface area contributed by atoms with Crippen LogP contribution in [0.1, 0.15) is 39.5 Å². The van der Waals surface area contributed by atoms with E-state index in [4.69, 9.17) is 9.47 Å². The van der Waals surface area contributed by atoms with Crippen LogP contribution >= 0.6 is 0 Å². The first kappa shape index (κ1) is 13.7. The van der Waals surface area contributed by atoms with Crippen LogP contribution < -0.4 is 0 Å². The van der Waals surface area contributed by atoms with E-state index in [9.17, 15) is 0 Å². The van der Waals surface area contributed by atoms with Gasteiger partial charge < -0.3 is 9.47 Å². The Labute approximate surface area is 88.3 Å². The molecule has 0 aliphatic rings. The number of unbranched alkanes of at least 4 members (excludes halogenated alkanes) is 2. The Balaban J connectivity index is 3.33. The molecule has 0 fully saturated rings. The fourth-order valence-corrected chi connectivity index (χ4v) is 1.01. The lowest BCUT2D eigenvalue weighted by Gasteiger charge is -2.13. The first-order valence-corrected chi connectivity index (χ1v) is 5.67. The molecule has 2 nitrogen and oxygen atoms in total. The van der Waals surface area contributed by atoms with Crippen LogP contribution in [0.25, 0.3) is 0 Å². The maximum absolute atomic E-state index is 5.57. The van der Waals surface area contributed by atoms with E-state index in [1.54, 1.807) is 0 Å². The molecule has 1 atom stereocenters. The van der Waals surface area contributed by atoms with Crippen LogP contribution in [-0.4, -0.2) is 25.9 Å². The smallest absolute Gasteiger partial charge is 0.0986 e. The van der Waals surface area contributed by atoms with Crippen LogP contribution in [0, 0.1) is 0 Å². The van der Waals surface area contributed by atoms with E-state index in [2.05, 4.69) is 20.4 Å². The predicted octanol–water partition coefficient (Wildman–Crippen LogP) is 3.17. The van der Waals surface area contributed by atoms with Crippen LogP contribution in [0.3, 0.4) is 0 Å². The summed E-state index contributed by atoms with van der Waals surface area (Å²) < 4.78 is 11.0. The average molecular weight is 200 g/mol. The van der Waals surface area contributed by atoms with Gasteiger partial charge in [0.1, 0.15) is 0 Å². The maximum Gasteiger partial charge on any atom is 0.0986 e. The highest BCUT2D eigenvalue weighted by molar-refractivity contribution is 4.79. The molecule has 0 aromatic carbocycles. The topological polar surface area (TPSA) is 18.5 Å². The standard InChI is InChI=1S/C12H24O2/c1-4-7-9-13-11-12(6-3)14-10-8-5-2/h6,12H,3-5,7-11H2,1-2H3. The van der Waals surface area contributed by atoms with Crippen LogP contribution in [0.4, 0.5) is 0 Å². The number of rotatable bonds is 10. The van der Waals surface area contributed by atoms with Gasteiger partial charge >= 0.3 is 0 Å². The third-order valence-corrected chi connectivity index (χ3v) is 2.02. The molecule has 0 amide bonds. The summed E-state index contributed by atoms with van der Waals surface area (Å²) >= 11 is 0. The summed E-state index contributed by atoms with van der Waals surface area (Å²) in [6.07, 6.45) is 6.47. The molecule has 14 heavy (non-hydrogen) atoms. The molecule has 0 spiro atoms. The molecular weight excluding hydrogens is 176 g/mol. The Bertz CT molecular complexity index is 123. The van der Waals surface area contributed by atoms with Gasteiger partial charge in [0.2, 0.25) is 0 Å². The van der Waals surface area contributed by atoms with Gasteiger partial charge in [-0.1, -0.05) is 32.8 Å². The first-order chi connectivity index (χ1) is 6.85. The zero-order chi connectivity index (χ0) is 10.6. The second kappa shape index (κ2) is 10.7. The van der Waals surface area contributed by atoms with E-state index >= 15 is 0 Å². The fraction of sp³-hybridized carbons (Fsp3) is 0.833. The van der Waals surface area contributed by atoms with Crippen molar-refractivity contribution in [1.82, 2.24) is 0 Å². The van der Waals surface area contributed by atoms with Crippen molar-refractivity contribution in [3.05, 3.63) is 12.7 Å². The van der Waals surface area contributed by atoms with Gasteiger partial charge in [-0.2, -0.15) is 0 Å². The van der Waals surface area contributed by atoms with Crippen LogP contribution in [0.5, 0.6) is 0 Å². The highest BCUT2D eigenvalue weighted by Gasteiger charge is 2.03. The number of hydrogen-bond acceptors (Lipinski definition) is 2. The molecule has 0 saturated carbocycles. The minimum Gasteiger partial charge on any atom is -0.378 e. The molecule has 0 heterocycles. The van der Waals surface area contributed by atoms with Gasteiger partial charge in [0, 0.05) is 13.2 Å². The van der Waals surface area contributed by atoms with Crippen molar-refractivity contribution in [2.24, 2.45) is 0 Å². The normalized spacial score (nSPS) is 12.7. The van der Waals surface area contributed by atoms with Gasteiger partial charge in [0.25, 0.3) is 0 Å². The molecule has 0 aromatic rings. The summed E-state index contributed by atoms with van der Waals surface area (Å²) in [4.78, 5) is 0. The molecule has 0 aliphatic carbocycles. The van der Waals surface area contributed by atoms with Crippen molar-refractivity contribution in [2.45, 2.75) is 45.6 Å². The number of hydrogen-bond donors (Lipinski definition) is 0. The van der Waals surface area contributed by atoms with Gasteiger partial charge in [-0.3, -0.25) is 0 Å². The Morgan fingerprint density at radius 2 is 1.79 bits per heavy atom. The molecule has 0 radical (unpaired) electrons. The predicted molar refractivity (Wildman–Crippen MR) is 60.6 cm³/mol. The highest BCUT2D eigenvalue weighted by Crippen LogP contribution is 1.99. The zero-order valence-corrected chi connectivity index (χ0v) is 9.63. The monoisotopic (exact) mass is 200 g/mol. The third kappa shape index (κ3) is 8.27. The lowest BCUT2D eigenvalue weighted by molar-refractivity contribution is 0.00671. The maximum atomic E-state index is 5.57. The van der Waals surface area contributed by atoms with Gasteiger partial charge in [-0.05, 0) is 12.8 Å².